The zero-order valence-electron chi connectivity index (χ0n) is 23.4. The van der Waals surface area contributed by atoms with Crippen LogP contribution < -0.4 is 16.4 Å². The lowest BCUT2D eigenvalue weighted by molar-refractivity contribution is 0.0711. The van der Waals surface area contributed by atoms with Gasteiger partial charge in [0.05, 0.1) is 12.2 Å². The van der Waals surface area contributed by atoms with E-state index in [1.54, 1.807) is 30.3 Å². The number of hydrogen-bond donors (Lipinski definition) is 3. The van der Waals surface area contributed by atoms with Crippen LogP contribution in [-0.4, -0.2) is 57.6 Å². The largest absolute Gasteiger partial charge is 0.339 e. The third kappa shape index (κ3) is 6.51. The maximum atomic E-state index is 13.0. The number of halogens is 2. The lowest BCUT2D eigenvalue weighted by Crippen LogP contribution is -2.45. The van der Waals surface area contributed by atoms with Crippen LogP contribution in [0.25, 0.3) is 11.3 Å². The molecule has 0 unspecified atom stereocenters. The van der Waals surface area contributed by atoms with E-state index in [1.165, 1.54) is 0 Å². The molecule has 0 aliphatic carbocycles. The van der Waals surface area contributed by atoms with Gasteiger partial charge in [0.1, 0.15) is 0 Å². The van der Waals surface area contributed by atoms with E-state index in [9.17, 15) is 9.59 Å². The van der Waals surface area contributed by atoms with E-state index < -0.39 is 0 Å². The quantitative estimate of drug-likeness (QED) is 0.285. The van der Waals surface area contributed by atoms with Crippen LogP contribution in [-0.2, 0) is 6.54 Å². The number of hydrogen-bond acceptors (Lipinski definition) is 7. The lowest BCUT2D eigenvalue weighted by Gasteiger charge is -2.32. The first kappa shape index (κ1) is 28.7. The summed E-state index contributed by atoms with van der Waals surface area (Å²) in [6.07, 6.45) is 1.64. The zero-order chi connectivity index (χ0) is 29.9. The summed E-state index contributed by atoms with van der Waals surface area (Å²) in [6.45, 7) is 1.84. The third-order valence-electron chi connectivity index (χ3n) is 7.66. The Hall–Kier alpha value is -4.38. The molecule has 12 heteroatoms. The van der Waals surface area contributed by atoms with Crippen molar-refractivity contribution in [3.8, 4) is 11.3 Å². The molecule has 4 aromatic rings. The number of hydrazone groups is 1. The van der Waals surface area contributed by atoms with Gasteiger partial charge in [-0.1, -0.05) is 53.5 Å². The maximum absolute atomic E-state index is 13.0. The number of likely N-dealkylation sites (tertiary alicyclic amines) is 1. The summed E-state index contributed by atoms with van der Waals surface area (Å²) >= 11 is 12.6. The minimum absolute atomic E-state index is 0.0603. The van der Waals surface area contributed by atoms with Gasteiger partial charge < -0.3 is 4.90 Å². The number of benzene rings is 3. The van der Waals surface area contributed by atoms with Crippen molar-refractivity contribution in [2.75, 3.05) is 20.1 Å². The Morgan fingerprint density at radius 2 is 1.63 bits per heavy atom. The zero-order valence-corrected chi connectivity index (χ0v) is 24.9. The molecule has 10 nitrogen and oxygen atoms in total. The van der Waals surface area contributed by atoms with E-state index in [-0.39, 0.29) is 17.7 Å². The van der Waals surface area contributed by atoms with Crippen molar-refractivity contribution >= 4 is 41.0 Å². The molecule has 1 aromatic heterocycles. The van der Waals surface area contributed by atoms with Gasteiger partial charge in [-0.15, -0.1) is 10.6 Å². The van der Waals surface area contributed by atoms with Crippen molar-refractivity contribution in [1.82, 2.24) is 36.1 Å². The van der Waals surface area contributed by atoms with Gasteiger partial charge in [-0.2, -0.15) is 5.10 Å². The molecule has 0 bridgehead atoms. The number of aromatic nitrogens is 2. The number of nitrogens with one attached hydrogen (secondary N) is 3. The predicted molar refractivity (Wildman–Crippen MR) is 166 cm³/mol. The fourth-order valence-corrected chi connectivity index (χ4v) is 5.90. The van der Waals surface area contributed by atoms with Crippen molar-refractivity contribution in [3.63, 3.8) is 0 Å². The molecule has 220 valence electrons. The molecule has 6 rings (SSSR count). The molecule has 2 aliphatic rings. The Bertz CT molecular complexity index is 1640. The van der Waals surface area contributed by atoms with Gasteiger partial charge >= 0.3 is 0 Å². The van der Waals surface area contributed by atoms with E-state index in [0.717, 1.165) is 35.4 Å². The second-order valence-corrected chi connectivity index (χ2v) is 11.4. The molecular weight excluding hydrogens is 587 g/mol. The molecule has 0 saturated carbocycles. The van der Waals surface area contributed by atoms with Crippen LogP contribution in [0.4, 0.5) is 0 Å². The van der Waals surface area contributed by atoms with Crippen LogP contribution in [0.1, 0.15) is 50.7 Å². The van der Waals surface area contributed by atoms with Crippen LogP contribution in [0.3, 0.4) is 0 Å². The Kier molecular flexibility index (Phi) is 8.33. The molecular formula is C31H30Cl2N8O2. The highest BCUT2D eigenvalue weighted by Gasteiger charge is 2.28. The third-order valence-corrected chi connectivity index (χ3v) is 8.10. The number of piperidine rings is 1. The van der Waals surface area contributed by atoms with Gasteiger partial charge in [0.25, 0.3) is 11.8 Å². The number of hydrazine groups is 2. The Labute approximate surface area is 259 Å². The Balaban J connectivity index is 1.22. The monoisotopic (exact) mass is 616 g/mol. The van der Waals surface area contributed by atoms with E-state index >= 15 is 0 Å². The minimum atomic E-state index is -0.264. The smallest absolute Gasteiger partial charge is 0.258 e. The summed E-state index contributed by atoms with van der Waals surface area (Å²) in [6, 6.07) is 24.3. The number of carbonyl (C=O) groups excluding carboxylic acids is 2. The molecule has 1 fully saturated rings. The van der Waals surface area contributed by atoms with Crippen LogP contribution >= 0.6 is 23.2 Å². The second-order valence-electron chi connectivity index (χ2n) is 10.6. The number of carbonyl (C=O) groups is 2. The van der Waals surface area contributed by atoms with E-state index in [1.807, 2.05) is 64.2 Å². The first-order chi connectivity index (χ1) is 20.8. The molecule has 2 amide bonds. The minimum Gasteiger partial charge on any atom is -0.339 e. The maximum Gasteiger partial charge on any atom is 0.258 e. The lowest BCUT2D eigenvalue weighted by atomic mass is 9.92. The SMILES string of the molecule is CN1NNN=C1NC(=O)c1ccc(Cn2nc(-c3cc(Cl)cc(Cl)c3)cc2C2CCN(C(=O)c3ccccc3)CC2)cc1. The summed E-state index contributed by atoms with van der Waals surface area (Å²) in [5, 5.41) is 14.4. The van der Waals surface area contributed by atoms with Gasteiger partial charge in [0.15, 0.2) is 0 Å². The molecule has 1 saturated heterocycles. The number of nitrogens with zero attached hydrogens (tertiary/aromatic N) is 5. The highest BCUT2D eigenvalue weighted by atomic mass is 35.5. The highest BCUT2D eigenvalue weighted by molar-refractivity contribution is 6.35. The van der Waals surface area contributed by atoms with Gasteiger partial charge in [0, 0.05) is 58.5 Å². The van der Waals surface area contributed by atoms with Crippen LogP contribution in [0.15, 0.2) is 84.0 Å². The highest BCUT2D eigenvalue weighted by Crippen LogP contribution is 2.34. The number of amides is 2. The topological polar surface area (TPSA) is 107 Å². The van der Waals surface area contributed by atoms with Gasteiger partial charge in [-0.3, -0.25) is 24.6 Å². The van der Waals surface area contributed by atoms with E-state index in [4.69, 9.17) is 28.3 Å². The fourth-order valence-electron chi connectivity index (χ4n) is 5.37. The summed E-state index contributed by atoms with van der Waals surface area (Å²) in [5.74, 6) is 0.386. The molecule has 3 heterocycles. The number of rotatable bonds is 6. The van der Waals surface area contributed by atoms with E-state index in [0.29, 0.717) is 46.8 Å². The molecule has 3 aromatic carbocycles. The summed E-state index contributed by atoms with van der Waals surface area (Å²) in [4.78, 5) is 27.7. The van der Waals surface area contributed by atoms with Crippen molar-refractivity contribution in [1.29, 1.82) is 0 Å². The molecule has 0 spiro atoms. The standard InChI is InChI=1S/C31H30Cl2N8O2/c1-39-31(35-37-38-39)34-29(42)22-9-7-20(8-10-22)19-41-28(18-27(36-41)24-15-25(32)17-26(33)16-24)21-11-13-40(14-12-21)30(43)23-5-3-2-4-6-23/h2-10,15-18,21,37-38H,11-14,19H2,1H3,(H,34,35,42). The van der Waals surface area contributed by atoms with Gasteiger partial charge in [-0.05, 0) is 66.9 Å². The fraction of sp³-hybridized carbons (Fsp3) is 0.226. The van der Waals surface area contributed by atoms with Crippen molar-refractivity contribution in [2.45, 2.75) is 25.3 Å². The first-order valence-electron chi connectivity index (χ1n) is 13.9. The average Bonchev–Trinajstić information content (AvgIpc) is 3.63. The van der Waals surface area contributed by atoms with Crippen molar-refractivity contribution in [2.24, 2.45) is 5.10 Å². The first-order valence-corrected chi connectivity index (χ1v) is 14.7. The van der Waals surface area contributed by atoms with Crippen LogP contribution in [0, 0.1) is 0 Å². The van der Waals surface area contributed by atoms with Crippen molar-refractivity contribution in [3.05, 3.63) is 111 Å². The predicted octanol–water partition coefficient (Wildman–Crippen LogP) is 4.88. The van der Waals surface area contributed by atoms with Gasteiger partial charge in [0.2, 0.25) is 5.96 Å². The summed E-state index contributed by atoms with van der Waals surface area (Å²) < 4.78 is 2.01. The van der Waals surface area contributed by atoms with Gasteiger partial charge in [-0.25, -0.2) is 5.53 Å². The average molecular weight is 618 g/mol. The van der Waals surface area contributed by atoms with Crippen LogP contribution in [0.2, 0.25) is 10.0 Å². The number of guanidine groups is 1. The van der Waals surface area contributed by atoms with Crippen LogP contribution in [0.5, 0.6) is 0 Å². The second kappa shape index (κ2) is 12.5. The summed E-state index contributed by atoms with van der Waals surface area (Å²) in [5.41, 5.74) is 10.3. The molecule has 3 N–H and O–H groups in total. The van der Waals surface area contributed by atoms with Crippen molar-refractivity contribution < 1.29 is 9.59 Å². The normalized spacial score (nSPS) is 15.3. The molecule has 43 heavy (non-hydrogen) atoms. The Morgan fingerprint density at radius 3 is 2.28 bits per heavy atom. The molecule has 0 radical (unpaired) electrons. The Morgan fingerprint density at radius 1 is 0.930 bits per heavy atom. The van der Waals surface area contributed by atoms with E-state index in [2.05, 4.69) is 27.6 Å². The molecule has 2 aliphatic heterocycles. The molecule has 0 atom stereocenters. The summed E-state index contributed by atoms with van der Waals surface area (Å²) in [7, 11) is 1.74.